The van der Waals surface area contributed by atoms with E-state index < -0.39 is 0 Å². The van der Waals surface area contributed by atoms with E-state index in [0.717, 1.165) is 11.3 Å². The number of carbonyl (C=O) groups is 1. The molecule has 0 atom stereocenters. The first-order chi connectivity index (χ1) is 10.2. The summed E-state index contributed by atoms with van der Waals surface area (Å²) < 4.78 is 10.1. The van der Waals surface area contributed by atoms with Crippen LogP contribution in [0.3, 0.4) is 0 Å². The highest BCUT2D eigenvalue weighted by Gasteiger charge is 2.03. The average molecular weight is 287 g/mol. The van der Waals surface area contributed by atoms with Crippen LogP contribution in [0.25, 0.3) is 0 Å². The minimum atomic E-state index is -0.301. The number of amides is 2. The number of nitrogens with zero attached hydrogens (tertiary/aromatic N) is 1. The number of carbonyl (C=O) groups excluding carboxylic acids is 1. The van der Waals surface area contributed by atoms with Crippen LogP contribution in [-0.4, -0.2) is 25.2 Å². The molecule has 2 N–H and O–H groups in total. The van der Waals surface area contributed by atoms with Crippen LogP contribution in [0.1, 0.15) is 5.56 Å². The van der Waals surface area contributed by atoms with Gasteiger partial charge in [-0.1, -0.05) is 12.1 Å². The fourth-order valence-corrected chi connectivity index (χ4v) is 1.72. The van der Waals surface area contributed by atoms with E-state index in [1.54, 1.807) is 19.2 Å². The number of pyridine rings is 1. The molecule has 0 aliphatic carbocycles. The second-order valence-electron chi connectivity index (χ2n) is 4.25. The Kier molecular flexibility index (Phi) is 4.98. The number of ether oxygens (including phenoxy) is 2. The maximum atomic E-state index is 11.8. The minimum Gasteiger partial charge on any atom is -0.497 e. The summed E-state index contributed by atoms with van der Waals surface area (Å²) >= 11 is 0. The molecule has 6 heteroatoms. The summed E-state index contributed by atoms with van der Waals surface area (Å²) in [4.78, 5) is 15.8. The van der Waals surface area contributed by atoms with Crippen molar-refractivity contribution < 1.29 is 14.3 Å². The van der Waals surface area contributed by atoms with Crippen molar-refractivity contribution in [3.05, 3.63) is 48.2 Å². The van der Waals surface area contributed by atoms with Gasteiger partial charge < -0.3 is 20.1 Å². The maximum Gasteiger partial charge on any atom is 0.319 e. The second kappa shape index (κ2) is 7.14. The quantitative estimate of drug-likeness (QED) is 0.886. The molecule has 0 bridgehead atoms. The third-order valence-corrected chi connectivity index (χ3v) is 2.79. The number of aromatic nitrogens is 1. The fraction of sp³-hybridized carbons (Fsp3) is 0.200. The highest BCUT2D eigenvalue weighted by molar-refractivity contribution is 5.88. The number of hydrogen-bond acceptors (Lipinski definition) is 4. The van der Waals surface area contributed by atoms with Gasteiger partial charge in [-0.3, -0.25) is 0 Å². The van der Waals surface area contributed by atoms with Crippen molar-refractivity contribution in [1.29, 1.82) is 0 Å². The molecule has 0 saturated heterocycles. The summed E-state index contributed by atoms with van der Waals surface area (Å²) in [6.45, 7) is 0.409. The Labute approximate surface area is 123 Å². The highest BCUT2D eigenvalue weighted by Crippen LogP contribution is 2.13. The Morgan fingerprint density at radius 1 is 1.19 bits per heavy atom. The molecule has 0 unspecified atom stereocenters. The lowest BCUT2D eigenvalue weighted by molar-refractivity contribution is 0.251. The van der Waals surface area contributed by atoms with Gasteiger partial charge >= 0.3 is 6.03 Å². The topological polar surface area (TPSA) is 72.5 Å². The summed E-state index contributed by atoms with van der Waals surface area (Å²) in [5, 5.41) is 5.46. The van der Waals surface area contributed by atoms with Gasteiger partial charge in [0.05, 0.1) is 26.1 Å². The molecule has 6 nitrogen and oxygen atoms in total. The molecular formula is C15H17N3O3. The summed E-state index contributed by atoms with van der Waals surface area (Å²) in [6, 6.07) is 10.6. The lowest BCUT2D eigenvalue weighted by atomic mass is 10.2. The van der Waals surface area contributed by atoms with Gasteiger partial charge in [-0.05, 0) is 23.8 Å². The van der Waals surface area contributed by atoms with Crippen molar-refractivity contribution in [2.75, 3.05) is 19.5 Å². The maximum absolute atomic E-state index is 11.8. The van der Waals surface area contributed by atoms with E-state index in [1.807, 2.05) is 24.3 Å². The molecule has 2 aromatic rings. The van der Waals surface area contributed by atoms with Crippen LogP contribution in [0.2, 0.25) is 0 Å². The van der Waals surface area contributed by atoms with E-state index in [2.05, 4.69) is 15.6 Å². The largest absolute Gasteiger partial charge is 0.497 e. The molecule has 2 amide bonds. The van der Waals surface area contributed by atoms with Crippen LogP contribution in [0.4, 0.5) is 10.5 Å². The molecule has 21 heavy (non-hydrogen) atoms. The van der Waals surface area contributed by atoms with Crippen LogP contribution in [-0.2, 0) is 6.54 Å². The summed E-state index contributed by atoms with van der Waals surface area (Å²) in [6.07, 6.45) is 1.53. The smallest absolute Gasteiger partial charge is 0.319 e. The van der Waals surface area contributed by atoms with E-state index in [0.29, 0.717) is 18.1 Å². The SMILES string of the molecule is COc1cccc(CNC(=O)Nc2ccc(OC)nc2)c1. The first-order valence-electron chi connectivity index (χ1n) is 6.39. The van der Waals surface area contributed by atoms with E-state index in [-0.39, 0.29) is 6.03 Å². The lowest BCUT2D eigenvalue weighted by Crippen LogP contribution is -2.28. The van der Waals surface area contributed by atoms with Crippen molar-refractivity contribution in [2.24, 2.45) is 0 Å². The molecular weight excluding hydrogens is 270 g/mol. The number of nitrogens with one attached hydrogen (secondary N) is 2. The first-order valence-corrected chi connectivity index (χ1v) is 6.39. The Morgan fingerprint density at radius 2 is 2.05 bits per heavy atom. The molecule has 0 saturated carbocycles. The van der Waals surface area contributed by atoms with E-state index >= 15 is 0 Å². The zero-order valence-electron chi connectivity index (χ0n) is 11.9. The normalized spacial score (nSPS) is 9.81. The Balaban J connectivity index is 1.86. The molecule has 0 radical (unpaired) electrons. The summed E-state index contributed by atoms with van der Waals surface area (Å²) in [5.74, 6) is 1.26. The number of urea groups is 1. The van der Waals surface area contributed by atoms with Gasteiger partial charge in [-0.25, -0.2) is 9.78 Å². The number of hydrogen-bond donors (Lipinski definition) is 2. The third-order valence-electron chi connectivity index (χ3n) is 2.79. The van der Waals surface area contributed by atoms with Crippen molar-refractivity contribution in [2.45, 2.75) is 6.54 Å². The Hall–Kier alpha value is -2.76. The molecule has 2 rings (SSSR count). The lowest BCUT2D eigenvalue weighted by Gasteiger charge is -2.08. The number of benzene rings is 1. The summed E-state index contributed by atoms with van der Waals surface area (Å²) in [7, 11) is 3.15. The van der Waals surface area contributed by atoms with Crippen LogP contribution < -0.4 is 20.1 Å². The van der Waals surface area contributed by atoms with Gasteiger partial charge in [0.2, 0.25) is 5.88 Å². The fourth-order valence-electron chi connectivity index (χ4n) is 1.72. The first kappa shape index (κ1) is 14.6. The number of anilines is 1. The van der Waals surface area contributed by atoms with Gasteiger partial charge in [-0.15, -0.1) is 0 Å². The van der Waals surface area contributed by atoms with Crippen molar-refractivity contribution >= 4 is 11.7 Å². The zero-order chi connectivity index (χ0) is 15.1. The average Bonchev–Trinajstić information content (AvgIpc) is 2.54. The van der Waals surface area contributed by atoms with Gasteiger partial charge in [0.15, 0.2) is 0 Å². The van der Waals surface area contributed by atoms with Crippen molar-refractivity contribution in [1.82, 2.24) is 10.3 Å². The molecule has 0 aliphatic rings. The van der Waals surface area contributed by atoms with Crippen LogP contribution in [0, 0.1) is 0 Å². The van der Waals surface area contributed by atoms with E-state index in [1.165, 1.54) is 13.3 Å². The minimum absolute atomic E-state index is 0.301. The molecule has 1 heterocycles. The summed E-state index contributed by atoms with van der Waals surface area (Å²) in [5.41, 5.74) is 1.55. The Morgan fingerprint density at radius 3 is 2.71 bits per heavy atom. The van der Waals surface area contributed by atoms with Gasteiger partial charge in [0.1, 0.15) is 5.75 Å². The van der Waals surface area contributed by atoms with Crippen molar-refractivity contribution in [3.63, 3.8) is 0 Å². The zero-order valence-corrected chi connectivity index (χ0v) is 11.9. The number of rotatable bonds is 5. The second-order valence-corrected chi connectivity index (χ2v) is 4.25. The molecule has 1 aromatic carbocycles. The Bertz CT molecular complexity index is 599. The predicted molar refractivity (Wildman–Crippen MR) is 79.6 cm³/mol. The van der Waals surface area contributed by atoms with Crippen LogP contribution in [0.15, 0.2) is 42.6 Å². The molecule has 0 spiro atoms. The third kappa shape index (κ3) is 4.38. The van der Waals surface area contributed by atoms with Gasteiger partial charge in [0.25, 0.3) is 0 Å². The van der Waals surface area contributed by atoms with Gasteiger partial charge in [0, 0.05) is 12.6 Å². The van der Waals surface area contributed by atoms with Gasteiger partial charge in [-0.2, -0.15) is 0 Å². The standard InChI is InChI=1S/C15H17N3O3/c1-20-13-5-3-4-11(8-13)9-17-15(19)18-12-6-7-14(21-2)16-10-12/h3-8,10H,9H2,1-2H3,(H2,17,18,19). The van der Waals surface area contributed by atoms with Crippen LogP contribution in [0.5, 0.6) is 11.6 Å². The predicted octanol–water partition coefficient (Wildman–Crippen LogP) is 2.42. The number of methoxy groups -OCH3 is 2. The van der Waals surface area contributed by atoms with E-state index in [9.17, 15) is 4.79 Å². The molecule has 0 aliphatic heterocycles. The monoisotopic (exact) mass is 287 g/mol. The molecule has 0 fully saturated rings. The molecule has 1 aromatic heterocycles. The van der Waals surface area contributed by atoms with E-state index in [4.69, 9.17) is 9.47 Å². The molecule has 110 valence electrons. The van der Waals surface area contributed by atoms with Crippen molar-refractivity contribution in [3.8, 4) is 11.6 Å². The van der Waals surface area contributed by atoms with Crippen LogP contribution >= 0.6 is 0 Å². The highest BCUT2D eigenvalue weighted by atomic mass is 16.5.